The largest absolute Gasteiger partial charge is 0.393 e. The first-order valence-corrected chi connectivity index (χ1v) is 7.92. The van der Waals surface area contributed by atoms with E-state index in [1.54, 1.807) is 23.3 Å². The van der Waals surface area contributed by atoms with E-state index >= 15 is 0 Å². The first-order chi connectivity index (χ1) is 10.6. The minimum Gasteiger partial charge on any atom is -0.393 e. The molecule has 0 unspecified atom stereocenters. The minimum atomic E-state index is -0.230. The molecule has 0 spiro atoms. The highest BCUT2D eigenvalue weighted by Gasteiger charge is 2.21. The molecule has 1 saturated carbocycles. The lowest BCUT2D eigenvalue weighted by molar-refractivity contribution is 0.0867. The van der Waals surface area contributed by atoms with Gasteiger partial charge in [0.25, 0.3) is 5.91 Å². The van der Waals surface area contributed by atoms with E-state index in [4.69, 9.17) is 0 Å². The molecule has 0 atom stereocenters. The molecule has 1 aliphatic carbocycles. The number of carbonyl (C=O) groups is 1. The number of aliphatic hydroxyl groups excluding tert-OH is 1. The number of rotatable bonds is 3. The molecule has 2 aromatic rings. The molecule has 7 nitrogen and oxygen atoms in total. The number of aromatic nitrogens is 4. The van der Waals surface area contributed by atoms with E-state index in [0.29, 0.717) is 15.9 Å². The van der Waals surface area contributed by atoms with Gasteiger partial charge in [-0.1, -0.05) is 0 Å². The monoisotopic (exact) mass is 365 g/mol. The van der Waals surface area contributed by atoms with E-state index in [2.05, 4.69) is 36.4 Å². The van der Waals surface area contributed by atoms with Gasteiger partial charge in [-0.2, -0.15) is 0 Å². The molecular formula is C14H16BrN5O2. The second-order valence-electron chi connectivity index (χ2n) is 5.38. The van der Waals surface area contributed by atoms with Crippen molar-refractivity contribution in [1.82, 2.24) is 25.1 Å². The average Bonchev–Trinajstić information content (AvgIpc) is 3.03. The second kappa shape index (κ2) is 6.53. The molecule has 2 heterocycles. The standard InChI is InChI=1S/C14H16BrN5O2/c15-12-5-9(6-16-13(12)20-7-17-18-8-20)14(22)19-10-1-3-11(21)4-2-10/h5-8,10-11,21H,1-4H2,(H,19,22). The van der Waals surface area contributed by atoms with Gasteiger partial charge in [0.15, 0.2) is 5.82 Å². The van der Waals surface area contributed by atoms with Crippen LogP contribution in [0, 0.1) is 0 Å². The average molecular weight is 366 g/mol. The maximum atomic E-state index is 12.3. The van der Waals surface area contributed by atoms with Gasteiger partial charge in [0.1, 0.15) is 12.7 Å². The molecule has 2 N–H and O–H groups in total. The molecule has 8 heteroatoms. The summed E-state index contributed by atoms with van der Waals surface area (Å²) in [6.07, 6.45) is 7.47. The van der Waals surface area contributed by atoms with Crippen molar-refractivity contribution in [2.24, 2.45) is 0 Å². The van der Waals surface area contributed by atoms with Gasteiger partial charge in [0.2, 0.25) is 0 Å². The van der Waals surface area contributed by atoms with Gasteiger partial charge in [0.05, 0.1) is 16.1 Å². The van der Waals surface area contributed by atoms with E-state index in [1.165, 1.54) is 6.20 Å². The van der Waals surface area contributed by atoms with E-state index < -0.39 is 0 Å². The maximum absolute atomic E-state index is 12.3. The first-order valence-electron chi connectivity index (χ1n) is 7.13. The van der Waals surface area contributed by atoms with Crippen molar-refractivity contribution >= 4 is 21.8 Å². The third kappa shape index (κ3) is 3.33. The van der Waals surface area contributed by atoms with Crippen LogP contribution in [0.3, 0.4) is 0 Å². The molecule has 116 valence electrons. The fraction of sp³-hybridized carbons (Fsp3) is 0.429. The zero-order valence-corrected chi connectivity index (χ0v) is 13.4. The smallest absolute Gasteiger partial charge is 0.253 e. The van der Waals surface area contributed by atoms with Crippen LogP contribution in [0.25, 0.3) is 5.82 Å². The van der Waals surface area contributed by atoms with Crippen LogP contribution in [0.2, 0.25) is 0 Å². The van der Waals surface area contributed by atoms with Gasteiger partial charge in [-0.15, -0.1) is 10.2 Å². The molecule has 0 saturated heterocycles. The predicted octanol–water partition coefficient (Wildman–Crippen LogP) is 1.46. The summed E-state index contributed by atoms with van der Waals surface area (Å²) in [5.74, 6) is 0.479. The SMILES string of the molecule is O=C(NC1CCC(O)CC1)c1cnc(-n2cnnc2)c(Br)c1. The Balaban J connectivity index is 1.69. The number of hydrogen-bond donors (Lipinski definition) is 2. The van der Waals surface area contributed by atoms with Crippen molar-refractivity contribution in [3.63, 3.8) is 0 Å². The van der Waals surface area contributed by atoms with Crippen LogP contribution in [0.1, 0.15) is 36.0 Å². The quantitative estimate of drug-likeness (QED) is 0.858. The number of nitrogens with zero attached hydrogens (tertiary/aromatic N) is 4. The maximum Gasteiger partial charge on any atom is 0.253 e. The van der Waals surface area contributed by atoms with E-state index in [0.717, 1.165) is 25.7 Å². The summed E-state index contributed by atoms with van der Waals surface area (Å²) in [5, 5.41) is 20.0. The van der Waals surface area contributed by atoms with Crippen LogP contribution < -0.4 is 5.32 Å². The highest BCUT2D eigenvalue weighted by molar-refractivity contribution is 9.10. The molecule has 1 aliphatic rings. The summed E-state index contributed by atoms with van der Waals surface area (Å²) in [5.41, 5.74) is 0.495. The molecular weight excluding hydrogens is 350 g/mol. The number of amides is 1. The van der Waals surface area contributed by atoms with Crippen LogP contribution in [-0.2, 0) is 0 Å². The molecule has 0 aromatic carbocycles. The van der Waals surface area contributed by atoms with Gasteiger partial charge in [-0.05, 0) is 47.7 Å². The van der Waals surface area contributed by atoms with Crippen molar-refractivity contribution in [2.75, 3.05) is 0 Å². The number of carbonyl (C=O) groups excluding carboxylic acids is 1. The summed E-state index contributed by atoms with van der Waals surface area (Å²) < 4.78 is 2.35. The Morgan fingerprint density at radius 3 is 2.59 bits per heavy atom. The van der Waals surface area contributed by atoms with Gasteiger partial charge < -0.3 is 10.4 Å². The number of nitrogens with one attached hydrogen (secondary N) is 1. The fourth-order valence-electron chi connectivity index (χ4n) is 2.54. The third-order valence-electron chi connectivity index (χ3n) is 3.78. The van der Waals surface area contributed by atoms with E-state index in [9.17, 15) is 9.90 Å². The Kier molecular flexibility index (Phi) is 4.49. The molecule has 1 fully saturated rings. The Labute approximate surface area is 135 Å². The zero-order chi connectivity index (χ0) is 15.5. The van der Waals surface area contributed by atoms with Crippen LogP contribution in [0.15, 0.2) is 29.4 Å². The Bertz CT molecular complexity index is 653. The normalized spacial score (nSPS) is 21.5. The van der Waals surface area contributed by atoms with Crippen molar-refractivity contribution in [2.45, 2.75) is 37.8 Å². The molecule has 0 radical (unpaired) electrons. The molecule has 1 amide bonds. The van der Waals surface area contributed by atoms with Crippen molar-refractivity contribution in [3.05, 3.63) is 35.0 Å². The third-order valence-corrected chi connectivity index (χ3v) is 4.36. The summed E-state index contributed by atoms with van der Waals surface area (Å²) in [7, 11) is 0. The lowest BCUT2D eigenvalue weighted by atomic mass is 9.93. The predicted molar refractivity (Wildman–Crippen MR) is 82.6 cm³/mol. The molecule has 0 bridgehead atoms. The second-order valence-corrected chi connectivity index (χ2v) is 6.23. The summed E-state index contributed by atoms with van der Waals surface area (Å²) >= 11 is 3.42. The summed E-state index contributed by atoms with van der Waals surface area (Å²) in [6.45, 7) is 0. The van der Waals surface area contributed by atoms with Crippen molar-refractivity contribution < 1.29 is 9.90 Å². The first kappa shape index (κ1) is 15.1. The topological polar surface area (TPSA) is 92.9 Å². The van der Waals surface area contributed by atoms with E-state index in [1.807, 2.05) is 0 Å². The molecule has 0 aliphatic heterocycles. The minimum absolute atomic E-state index is 0.118. The molecule has 22 heavy (non-hydrogen) atoms. The lowest BCUT2D eigenvalue weighted by Gasteiger charge is -2.26. The van der Waals surface area contributed by atoms with Gasteiger partial charge in [-0.3, -0.25) is 9.36 Å². The number of hydrogen-bond acceptors (Lipinski definition) is 5. The number of aliphatic hydroxyl groups is 1. The Morgan fingerprint density at radius 1 is 1.27 bits per heavy atom. The molecule has 2 aromatic heterocycles. The highest BCUT2D eigenvalue weighted by atomic mass is 79.9. The van der Waals surface area contributed by atoms with Crippen LogP contribution in [0.4, 0.5) is 0 Å². The summed E-state index contributed by atoms with van der Waals surface area (Å²) in [4.78, 5) is 16.6. The van der Waals surface area contributed by atoms with Crippen molar-refractivity contribution in [1.29, 1.82) is 0 Å². The van der Waals surface area contributed by atoms with E-state index in [-0.39, 0.29) is 18.1 Å². The van der Waals surface area contributed by atoms with Crippen LogP contribution >= 0.6 is 15.9 Å². The fourth-order valence-corrected chi connectivity index (χ4v) is 3.10. The van der Waals surface area contributed by atoms with Crippen LogP contribution in [-0.4, -0.2) is 42.9 Å². The molecule has 3 rings (SSSR count). The Morgan fingerprint density at radius 2 is 1.95 bits per heavy atom. The van der Waals surface area contributed by atoms with Gasteiger partial charge in [0, 0.05) is 12.2 Å². The number of pyridine rings is 1. The Hall–Kier alpha value is -1.80. The van der Waals surface area contributed by atoms with Gasteiger partial charge in [-0.25, -0.2) is 4.98 Å². The van der Waals surface area contributed by atoms with Gasteiger partial charge >= 0.3 is 0 Å². The number of halogens is 1. The highest BCUT2D eigenvalue weighted by Crippen LogP contribution is 2.21. The van der Waals surface area contributed by atoms with Crippen LogP contribution in [0.5, 0.6) is 0 Å². The zero-order valence-electron chi connectivity index (χ0n) is 11.8. The lowest BCUT2D eigenvalue weighted by Crippen LogP contribution is -2.38. The van der Waals surface area contributed by atoms with Crippen molar-refractivity contribution in [3.8, 4) is 5.82 Å². The summed E-state index contributed by atoms with van der Waals surface area (Å²) in [6, 6.07) is 1.85.